The number of morpholine rings is 1. The van der Waals surface area contributed by atoms with Crippen molar-refractivity contribution in [2.75, 3.05) is 38.7 Å². The molecule has 1 aliphatic heterocycles. The van der Waals surface area contributed by atoms with E-state index in [-0.39, 0.29) is 6.10 Å². The molecule has 6 heteroatoms. The molecule has 0 radical (unpaired) electrons. The Bertz CT molecular complexity index is 445. The molecule has 1 aromatic heterocycles. The van der Waals surface area contributed by atoms with E-state index in [2.05, 4.69) is 44.6 Å². The van der Waals surface area contributed by atoms with E-state index in [0.717, 1.165) is 37.0 Å². The van der Waals surface area contributed by atoms with E-state index < -0.39 is 0 Å². The first-order valence-electron chi connectivity index (χ1n) is 6.93. The number of ether oxygens (including phenoxy) is 1. The van der Waals surface area contributed by atoms with Gasteiger partial charge in [0.15, 0.2) is 5.96 Å². The van der Waals surface area contributed by atoms with Crippen molar-refractivity contribution in [1.29, 1.82) is 0 Å². The van der Waals surface area contributed by atoms with E-state index in [9.17, 15) is 0 Å². The molecular formula is C14H23N5O. The fourth-order valence-corrected chi connectivity index (χ4v) is 2.20. The Morgan fingerprint density at radius 3 is 3.00 bits per heavy atom. The van der Waals surface area contributed by atoms with E-state index in [1.807, 2.05) is 13.2 Å². The number of hydrogen-bond acceptors (Lipinski definition) is 4. The number of aliphatic imine (C=N–C) groups is 1. The van der Waals surface area contributed by atoms with E-state index >= 15 is 0 Å². The molecule has 2 rings (SSSR count). The van der Waals surface area contributed by atoms with E-state index in [1.165, 1.54) is 0 Å². The molecule has 1 fully saturated rings. The SMILES string of the molecule is CN=C(NC)NCc1ccc(N2CCO[C@@H](C)C2)nc1. The number of rotatable bonds is 3. The van der Waals surface area contributed by atoms with Crippen molar-refractivity contribution in [3.8, 4) is 0 Å². The summed E-state index contributed by atoms with van der Waals surface area (Å²) in [6, 6.07) is 4.16. The lowest BCUT2D eigenvalue weighted by Gasteiger charge is -2.32. The van der Waals surface area contributed by atoms with Crippen LogP contribution < -0.4 is 15.5 Å². The summed E-state index contributed by atoms with van der Waals surface area (Å²) in [5, 5.41) is 6.19. The predicted octanol–water partition coefficient (Wildman–Crippen LogP) is 0.602. The third-order valence-electron chi connectivity index (χ3n) is 3.29. The summed E-state index contributed by atoms with van der Waals surface area (Å²) in [6.45, 7) is 5.37. The van der Waals surface area contributed by atoms with Gasteiger partial charge in [0.1, 0.15) is 5.82 Å². The lowest BCUT2D eigenvalue weighted by Crippen LogP contribution is -2.41. The molecule has 0 unspecified atom stereocenters. The summed E-state index contributed by atoms with van der Waals surface area (Å²) in [7, 11) is 3.59. The molecule has 0 spiro atoms. The average molecular weight is 277 g/mol. The monoisotopic (exact) mass is 277 g/mol. The van der Waals surface area contributed by atoms with Crippen LogP contribution in [0.3, 0.4) is 0 Å². The van der Waals surface area contributed by atoms with Gasteiger partial charge in [-0.15, -0.1) is 0 Å². The van der Waals surface area contributed by atoms with Crippen molar-refractivity contribution in [2.45, 2.75) is 19.6 Å². The lowest BCUT2D eigenvalue weighted by atomic mass is 10.2. The summed E-state index contributed by atoms with van der Waals surface area (Å²) in [5.41, 5.74) is 1.13. The fourth-order valence-electron chi connectivity index (χ4n) is 2.20. The molecule has 2 N–H and O–H groups in total. The highest BCUT2D eigenvalue weighted by molar-refractivity contribution is 5.79. The second-order valence-electron chi connectivity index (χ2n) is 4.83. The summed E-state index contributed by atoms with van der Waals surface area (Å²) >= 11 is 0. The number of anilines is 1. The minimum atomic E-state index is 0.269. The van der Waals surface area contributed by atoms with Crippen LogP contribution in [0.2, 0.25) is 0 Å². The number of aromatic nitrogens is 1. The van der Waals surface area contributed by atoms with Gasteiger partial charge in [0.25, 0.3) is 0 Å². The van der Waals surface area contributed by atoms with Gasteiger partial charge in [0, 0.05) is 39.9 Å². The fraction of sp³-hybridized carbons (Fsp3) is 0.571. The maximum absolute atomic E-state index is 5.54. The summed E-state index contributed by atoms with van der Waals surface area (Å²) < 4.78 is 5.54. The van der Waals surface area contributed by atoms with E-state index in [1.54, 1.807) is 7.05 Å². The molecule has 0 aromatic carbocycles. The Morgan fingerprint density at radius 1 is 1.55 bits per heavy atom. The van der Waals surface area contributed by atoms with Crippen molar-refractivity contribution in [2.24, 2.45) is 4.99 Å². The second kappa shape index (κ2) is 7.09. The Labute approximate surface area is 120 Å². The lowest BCUT2D eigenvalue weighted by molar-refractivity contribution is 0.0529. The van der Waals surface area contributed by atoms with Gasteiger partial charge in [0.05, 0.1) is 12.7 Å². The van der Waals surface area contributed by atoms with Crippen LogP contribution in [0.4, 0.5) is 5.82 Å². The summed E-state index contributed by atoms with van der Waals surface area (Å²) in [5.74, 6) is 1.79. The molecular weight excluding hydrogens is 254 g/mol. The second-order valence-corrected chi connectivity index (χ2v) is 4.83. The topological polar surface area (TPSA) is 61.8 Å². The van der Waals surface area contributed by atoms with Gasteiger partial charge in [-0.25, -0.2) is 4.98 Å². The van der Waals surface area contributed by atoms with Crippen molar-refractivity contribution in [3.05, 3.63) is 23.9 Å². The molecule has 2 heterocycles. The number of pyridine rings is 1. The third-order valence-corrected chi connectivity index (χ3v) is 3.29. The Balaban J connectivity index is 1.92. The van der Waals surface area contributed by atoms with Crippen LogP contribution >= 0.6 is 0 Å². The van der Waals surface area contributed by atoms with Crippen LogP contribution in [-0.4, -0.2) is 50.8 Å². The molecule has 1 atom stereocenters. The van der Waals surface area contributed by atoms with Crippen LogP contribution in [0.15, 0.2) is 23.3 Å². The first-order valence-corrected chi connectivity index (χ1v) is 6.93. The Hall–Kier alpha value is -1.82. The zero-order chi connectivity index (χ0) is 14.4. The molecule has 1 aliphatic rings. The zero-order valence-corrected chi connectivity index (χ0v) is 12.4. The molecule has 0 bridgehead atoms. The number of nitrogens with zero attached hydrogens (tertiary/aromatic N) is 3. The largest absolute Gasteiger partial charge is 0.375 e. The molecule has 0 amide bonds. The third kappa shape index (κ3) is 3.84. The van der Waals surface area contributed by atoms with Gasteiger partial charge in [-0.2, -0.15) is 0 Å². The number of hydrogen-bond donors (Lipinski definition) is 2. The first-order chi connectivity index (χ1) is 9.72. The van der Waals surface area contributed by atoms with Gasteiger partial charge in [-0.05, 0) is 18.6 Å². The van der Waals surface area contributed by atoms with Crippen LogP contribution in [0.1, 0.15) is 12.5 Å². The van der Waals surface area contributed by atoms with Crippen LogP contribution in [-0.2, 0) is 11.3 Å². The zero-order valence-electron chi connectivity index (χ0n) is 12.4. The van der Waals surface area contributed by atoms with Gasteiger partial charge in [-0.1, -0.05) is 6.07 Å². The minimum absolute atomic E-state index is 0.269. The normalized spacial score (nSPS) is 19.9. The highest BCUT2D eigenvalue weighted by atomic mass is 16.5. The van der Waals surface area contributed by atoms with Crippen molar-refractivity contribution < 1.29 is 4.74 Å². The van der Waals surface area contributed by atoms with Gasteiger partial charge in [-0.3, -0.25) is 4.99 Å². The maximum Gasteiger partial charge on any atom is 0.190 e. The maximum atomic E-state index is 5.54. The smallest absolute Gasteiger partial charge is 0.190 e. The molecule has 1 saturated heterocycles. The van der Waals surface area contributed by atoms with Crippen LogP contribution in [0.5, 0.6) is 0 Å². The first kappa shape index (κ1) is 14.6. The van der Waals surface area contributed by atoms with E-state index in [0.29, 0.717) is 6.54 Å². The average Bonchev–Trinajstić information content (AvgIpc) is 2.49. The molecule has 0 saturated carbocycles. The molecule has 110 valence electrons. The standard InChI is InChI=1S/C14H23N5O/c1-11-10-19(6-7-20-11)13-5-4-12(8-17-13)9-18-14(15-2)16-3/h4-5,8,11H,6-7,9-10H2,1-3H3,(H2,15,16,18)/t11-/m0/s1. The minimum Gasteiger partial charge on any atom is -0.375 e. The summed E-state index contributed by atoms with van der Waals surface area (Å²) in [4.78, 5) is 10.9. The van der Waals surface area contributed by atoms with Crippen LogP contribution in [0, 0.1) is 0 Å². The Kier molecular flexibility index (Phi) is 5.17. The van der Waals surface area contributed by atoms with Crippen molar-refractivity contribution in [1.82, 2.24) is 15.6 Å². The predicted molar refractivity (Wildman–Crippen MR) is 81.1 cm³/mol. The highest BCUT2D eigenvalue weighted by Gasteiger charge is 2.17. The van der Waals surface area contributed by atoms with Gasteiger partial charge < -0.3 is 20.3 Å². The molecule has 20 heavy (non-hydrogen) atoms. The van der Waals surface area contributed by atoms with E-state index in [4.69, 9.17) is 4.74 Å². The molecule has 0 aliphatic carbocycles. The number of guanidine groups is 1. The molecule has 1 aromatic rings. The summed E-state index contributed by atoms with van der Waals surface area (Å²) in [6.07, 6.45) is 2.18. The van der Waals surface area contributed by atoms with Crippen molar-refractivity contribution >= 4 is 11.8 Å². The van der Waals surface area contributed by atoms with Gasteiger partial charge in [0.2, 0.25) is 0 Å². The van der Waals surface area contributed by atoms with Crippen LogP contribution in [0.25, 0.3) is 0 Å². The van der Waals surface area contributed by atoms with Crippen molar-refractivity contribution in [3.63, 3.8) is 0 Å². The quantitative estimate of drug-likeness (QED) is 0.626. The number of nitrogens with one attached hydrogen (secondary N) is 2. The van der Waals surface area contributed by atoms with Gasteiger partial charge >= 0.3 is 0 Å². The Morgan fingerprint density at radius 2 is 2.40 bits per heavy atom. The highest BCUT2D eigenvalue weighted by Crippen LogP contribution is 2.15. The molecule has 6 nitrogen and oxygen atoms in total.